The van der Waals surface area contributed by atoms with E-state index in [1.165, 1.54) is 6.07 Å². The zero-order valence-corrected chi connectivity index (χ0v) is 17.6. The van der Waals surface area contributed by atoms with Crippen LogP contribution < -0.4 is 10.4 Å². The van der Waals surface area contributed by atoms with Gasteiger partial charge in [-0.25, -0.2) is 14.2 Å². The average Bonchev–Trinajstić information content (AvgIpc) is 2.99. The second-order valence-corrected chi connectivity index (χ2v) is 7.73. The lowest BCUT2D eigenvalue weighted by Gasteiger charge is -2.11. The first-order chi connectivity index (χ1) is 14.4. The Bertz CT molecular complexity index is 1270. The highest BCUT2D eigenvalue weighted by Gasteiger charge is 2.18. The van der Waals surface area contributed by atoms with E-state index in [-0.39, 0.29) is 17.5 Å². The van der Waals surface area contributed by atoms with Crippen molar-refractivity contribution in [3.05, 3.63) is 53.0 Å². The van der Waals surface area contributed by atoms with E-state index in [0.29, 0.717) is 29.1 Å². The lowest BCUT2D eigenvalue weighted by Crippen LogP contribution is -2.23. The second-order valence-electron chi connectivity index (χ2n) is 7.73. The maximum absolute atomic E-state index is 14.9. The summed E-state index contributed by atoms with van der Waals surface area (Å²) in [6, 6.07) is 6.68. The maximum Gasteiger partial charge on any atom is 0.329 e. The molecule has 7 heteroatoms. The van der Waals surface area contributed by atoms with Gasteiger partial charge in [0.1, 0.15) is 5.82 Å². The van der Waals surface area contributed by atoms with E-state index in [9.17, 15) is 9.18 Å². The predicted octanol–water partition coefficient (Wildman–Crippen LogP) is 4.85. The molecule has 0 N–H and O–H groups in total. The molecule has 0 fully saturated rings. The molecule has 0 radical (unpaired) electrons. The Morgan fingerprint density at radius 2 is 1.97 bits per heavy atom. The van der Waals surface area contributed by atoms with Crippen LogP contribution in [0.15, 0.2) is 41.5 Å². The average molecular weight is 408 g/mol. The molecule has 3 heterocycles. The van der Waals surface area contributed by atoms with Crippen LogP contribution >= 0.6 is 0 Å². The number of imidazole rings is 1. The SMILES string of the molecule is CCCCOc1ccc(-c2cc3c(cc2F)ncc2c3n(C(C)C)c(=O)n2C)cn1. The van der Waals surface area contributed by atoms with Gasteiger partial charge in [-0.05, 0) is 32.4 Å². The van der Waals surface area contributed by atoms with Crippen molar-refractivity contribution in [2.24, 2.45) is 7.05 Å². The predicted molar refractivity (Wildman–Crippen MR) is 116 cm³/mol. The van der Waals surface area contributed by atoms with Gasteiger partial charge in [0.2, 0.25) is 5.88 Å². The Morgan fingerprint density at radius 3 is 2.63 bits per heavy atom. The number of benzene rings is 1. The molecular formula is C23H25FN4O2. The normalized spacial score (nSPS) is 11.7. The standard InChI is InChI=1S/C23H25FN4O2/c1-5-6-9-30-21-8-7-15(12-26-21)16-10-17-19(11-18(16)24)25-13-20-22(17)28(14(2)3)23(29)27(20)4/h7-8,10-14H,5-6,9H2,1-4H3. The van der Waals surface area contributed by atoms with Gasteiger partial charge in [-0.1, -0.05) is 13.3 Å². The molecule has 0 spiro atoms. The fraction of sp³-hybridized carbons (Fsp3) is 0.348. The van der Waals surface area contributed by atoms with E-state index >= 15 is 0 Å². The van der Waals surface area contributed by atoms with Crippen LogP contribution in [0.1, 0.15) is 39.7 Å². The largest absolute Gasteiger partial charge is 0.478 e. The molecule has 0 bridgehead atoms. The lowest BCUT2D eigenvalue weighted by atomic mass is 10.0. The van der Waals surface area contributed by atoms with Gasteiger partial charge >= 0.3 is 5.69 Å². The number of hydrogen-bond donors (Lipinski definition) is 0. The van der Waals surface area contributed by atoms with Gasteiger partial charge < -0.3 is 4.74 Å². The summed E-state index contributed by atoms with van der Waals surface area (Å²) in [6.07, 6.45) is 5.24. The highest BCUT2D eigenvalue weighted by molar-refractivity contribution is 6.04. The molecule has 0 saturated carbocycles. The third-order valence-corrected chi connectivity index (χ3v) is 5.32. The number of aromatic nitrogens is 4. The Hall–Kier alpha value is -3.22. The van der Waals surface area contributed by atoms with Gasteiger partial charge in [0.25, 0.3) is 0 Å². The van der Waals surface area contributed by atoms with E-state index < -0.39 is 0 Å². The highest BCUT2D eigenvalue weighted by atomic mass is 19.1. The molecule has 4 rings (SSSR count). The number of hydrogen-bond acceptors (Lipinski definition) is 4. The number of nitrogens with zero attached hydrogens (tertiary/aromatic N) is 4. The lowest BCUT2D eigenvalue weighted by molar-refractivity contribution is 0.298. The monoisotopic (exact) mass is 408 g/mol. The van der Waals surface area contributed by atoms with Gasteiger partial charge in [0, 0.05) is 47.9 Å². The van der Waals surface area contributed by atoms with Crippen molar-refractivity contribution in [1.29, 1.82) is 0 Å². The van der Waals surface area contributed by atoms with E-state index in [0.717, 1.165) is 29.3 Å². The molecule has 0 amide bonds. The Kier molecular flexibility index (Phi) is 5.28. The highest BCUT2D eigenvalue weighted by Crippen LogP contribution is 2.32. The van der Waals surface area contributed by atoms with Crippen LogP contribution in [0.3, 0.4) is 0 Å². The number of pyridine rings is 2. The fourth-order valence-electron chi connectivity index (χ4n) is 3.69. The number of halogens is 1. The van der Waals surface area contributed by atoms with Crippen molar-refractivity contribution in [1.82, 2.24) is 19.1 Å². The Balaban J connectivity index is 1.87. The summed E-state index contributed by atoms with van der Waals surface area (Å²) in [6.45, 7) is 6.62. The van der Waals surface area contributed by atoms with E-state index in [2.05, 4.69) is 16.9 Å². The third-order valence-electron chi connectivity index (χ3n) is 5.32. The summed E-state index contributed by atoms with van der Waals surface area (Å²) < 4.78 is 23.8. The molecule has 3 aromatic heterocycles. The molecule has 0 saturated heterocycles. The van der Waals surface area contributed by atoms with Crippen LogP contribution in [-0.4, -0.2) is 25.7 Å². The van der Waals surface area contributed by atoms with Crippen molar-refractivity contribution in [3.8, 4) is 17.0 Å². The minimum Gasteiger partial charge on any atom is -0.478 e. The molecule has 0 aliphatic carbocycles. The summed E-state index contributed by atoms with van der Waals surface area (Å²) in [7, 11) is 1.72. The molecule has 0 aliphatic heterocycles. The smallest absolute Gasteiger partial charge is 0.329 e. The van der Waals surface area contributed by atoms with Crippen molar-refractivity contribution in [3.63, 3.8) is 0 Å². The first kappa shape index (κ1) is 20.1. The first-order valence-corrected chi connectivity index (χ1v) is 10.2. The molecule has 0 atom stereocenters. The van der Waals surface area contributed by atoms with Gasteiger partial charge in [0.15, 0.2) is 0 Å². The van der Waals surface area contributed by atoms with Gasteiger partial charge in [-0.15, -0.1) is 0 Å². The number of ether oxygens (including phenoxy) is 1. The van der Waals surface area contributed by atoms with Gasteiger partial charge in [0.05, 0.1) is 29.4 Å². The molecule has 6 nitrogen and oxygen atoms in total. The molecule has 0 unspecified atom stereocenters. The zero-order chi connectivity index (χ0) is 21.4. The van der Waals surface area contributed by atoms with Crippen molar-refractivity contribution in [2.45, 2.75) is 39.7 Å². The van der Waals surface area contributed by atoms with Crippen molar-refractivity contribution < 1.29 is 9.13 Å². The van der Waals surface area contributed by atoms with Crippen LogP contribution in [0.5, 0.6) is 5.88 Å². The molecule has 0 aliphatic rings. The van der Waals surface area contributed by atoms with Gasteiger partial charge in [-0.3, -0.25) is 14.1 Å². The van der Waals surface area contributed by atoms with Crippen LogP contribution in [0.4, 0.5) is 4.39 Å². The maximum atomic E-state index is 14.9. The number of rotatable bonds is 6. The van der Waals surface area contributed by atoms with E-state index in [4.69, 9.17) is 4.74 Å². The Labute approximate surface area is 174 Å². The minimum absolute atomic E-state index is 0.0403. The van der Waals surface area contributed by atoms with Crippen molar-refractivity contribution in [2.75, 3.05) is 6.61 Å². The van der Waals surface area contributed by atoms with Crippen LogP contribution in [0.25, 0.3) is 33.1 Å². The van der Waals surface area contributed by atoms with E-state index in [1.54, 1.807) is 46.8 Å². The van der Waals surface area contributed by atoms with Crippen LogP contribution in [0, 0.1) is 5.82 Å². The van der Waals surface area contributed by atoms with Gasteiger partial charge in [-0.2, -0.15) is 0 Å². The van der Waals surface area contributed by atoms with Crippen molar-refractivity contribution >= 4 is 21.9 Å². The molecule has 30 heavy (non-hydrogen) atoms. The molecule has 4 aromatic rings. The number of fused-ring (bicyclic) bond motifs is 3. The summed E-state index contributed by atoms with van der Waals surface area (Å²) >= 11 is 0. The fourth-order valence-corrected chi connectivity index (χ4v) is 3.69. The first-order valence-electron chi connectivity index (χ1n) is 10.2. The van der Waals surface area contributed by atoms with Crippen LogP contribution in [-0.2, 0) is 7.05 Å². The summed E-state index contributed by atoms with van der Waals surface area (Å²) in [4.78, 5) is 21.4. The summed E-state index contributed by atoms with van der Waals surface area (Å²) in [5, 5.41) is 0.735. The Morgan fingerprint density at radius 1 is 1.17 bits per heavy atom. The van der Waals surface area contributed by atoms with Crippen LogP contribution in [0.2, 0.25) is 0 Å². The number of unbranched alkanes of at least 4 members (excludes halogenated alkanes) is 1. The second kappa shape index (κ2) is 7.89. The quantitative estimate of drug-likeness (QED) is 0.428. The molecule has 156 valence electrons. The summed E-state index contributed by atoms with van der Waals surface area (Å²) in [5.41, 5.74) is 2.93. The molecule has 1 aromatic carbocycles. The topological polar surface area (TPSA) is 61.9 Å². The third kappa shape index (κ3) is 3.34. The zero-order valence-electron chi connectivity index (χ0n) is 17.6. The minimum atomic E-state index is -0.384. The number of aryl methyl sites for hydroxylation is 1. The van der Waals surface area contributed by atoms with E-state index in [1.807, 2.05) is 13.8 Å². The molecular weight excluding hydrogens is 383 g/mol. The summed E-state index contributed by atoms with van der Waals surface area (Å²) in [5.74, 6) is 0.138.